The van der Waals surface area contributed by atoms with E-state index in [-0.39, 0.29) is 5.91 Å². The summed E-state index contributed by atoms with van der Waals surface area (Å²) < 4.78 is 0. The van der Waals surface area contributed by atoms with Gasteiger partial charge in [0, 0.05) is 44.5 Å². The van der Waals surface area contributed by atoms with Gasteiger partial charge in [0.15, 0.2) is 0 Å². The summed E-state index contributed by atoms with van der Waals surface area (Å²) in [7, 11) is 3.87. The molecule has 1 heterocycles. The summed E-state index contributed by atoms with van der Waals surface area (Å²) in [6.07, 6.45) is 6.58. The highest BCUT2D eigenvalue weighted by Gasteiger charge is 2.03. The number of aryl methyl sites for hydroxylation is 2. The SMILES string of the molecule is CN(C)c1[c]cnc(CCc2ccc(NC(=O)/C=C/c3ccccc3)cc2)n1. The van der Waals surface area contributed by atoms with E-state index in [1.165, 1.54) is 11.6 Å². The van der Waals surface area contributed by atoms with E-state index < -0.39 is 0 Å². The van der Waals surface area contributed by atoms with Gasteiger partial charge in [0.05, 0.1) is 0 Å². The van der Waals surface area contributed by atoms with Crippen LogP contribution < -0.4 is 10.2 Å². The molecule has 0 atom stereocenters. The third-order valence-electron chi connectivity index (χ3n) is 4.15. The molecule has 1 aromatic heterocycles. The van der Waals surface area contributed by atoms with E-state index in [0.717, 1.165) is 35.7 Å². The quantitative estimate of drug-likeness (QED) is 0.642. The maximum absolute atomic E-state index is 12.0. The van der Waals surface area contributed by atoms with Crippen LogP contribution in [-0.4, -0.2) is 30.0 Å². The molecule has 3 rings (SSSR count). The number of nitrogens with zero attached hydrogens (tertiary/aromatic N) is 3. The molecule has 2 aromatic carbocycles. The van der Waals surface area contributed by atoms with Crippen molar-refractivity contribution in [2.24, 2.45) is 0 Å². The van der Waals surface area contributed by atoms with Crippen molar-refractivity contribution in [3.63, 3.8) is 0 Å². The summed E-state index contributed by atoms with van der Waals surface area (Å²) in [6, 6.07) is 20.6. The first-order chi connectivity index (χ1) is 13.6. The van der Waals surface area contributed by atoms with Crippen molar-refractivity contribution in [1.82, 2.24) is 9.97 Å². The summed E-state index contributed by atoms with van der Waals surface area (Å²) in [5.41, 5.74) is 2.93. The predicted molar refractivity (Wildman–Crippen MR) is 113 cm³/mol. The van der Waals surface area contributed by atoms with E-state index in [2.05, 4.69) is 21.4 Å². The van der Waals surface area contributed by atoms with Crippen LogP contribution in [-0.2, 0) is 17.6 Å². The second-order valence-electron chi connectivity index (χ2n) is 6.58. The molecule has 0 fully saturated rings. The second-order valence-corrected chi connectivity index (χ2v) is 6.58. The van der Waals surface area contributed by atoms with Gasteiger partial charge in [0.2, 0.25) is 5.91 Å². The zero-order valence-electron chi connectivity index (χ0n) is 16.1. The maximum Gasteiger partial charge on any atom is 0.248 e. The molecule has 0 saturated carbocycles. The molecule has 0 aliphatic carbocycles. The van der Waals surface area contributed by atoms with Crippen LogP contribution in [0.1, 0.15) is 17.0 Å². The van der Waals surface area contributed by atoms with Crippen LogP contribution in [0.25, 0.3) is 6.08 Å². The van der Waals surface area contributed by atoms with Crippen molar-refractivity contribution >= 4 is 23.5 Å². The molecule has 1 radical (unpaired) electrons. The van der Waals surface area contributed by atoms with E-state index in [9.17, 15) is 4.79 Å². The van der Waals surface area contributed by atoms with Crippen LogP contribution in [0.2, 0.25) is 0 Å². The van der Waals surface area contributed by atoms with Crippen LogP contribution in [0.15, 0.2) is 66.9 Å². The Labute approximate surface area is 165 Å². The molecule has 0 unspecified atom stereocenters. The molecule has 141 valence electrons. The largest absolute Gasteiger partial charge is 0.362 e. The average molecular weight is 371 g/mol. The van der Waals surface area contributed by atoms with Gasteiger partial charge < -0.3 is 10.2 Å². The van der Waals surface area contributed by atoms with Gasteiger partial charge in [-0.1, -0.05) is 42.5 Å². The van der Waals surface area contributed by atoms with Crippen LogP contribution in [0.5, 0.6) is 0 Å². The Hall–Kier alpha value is -3.47. The highest BCUT2D eigenvalue weighted by atomic mass is 16.1. The van der Waals surface area contributed by atoms with Crippen LogP contribution in [0.3, 0.4) is 0 Å². The number of carbonyl (C=O) groups is 1. The lowest BCUT2D eigenvalue weighted by molar-refractivity contribution is -0.111. The molecule has 5 heteroatoms. The Bertz CT molecular complexity index is 934. The van der Waals surface area contributed by atoms with Crippen molar-refractivity contribution in [2.45, 2.75) is 12.8 Å². The van der Waals surface area contributed by atoms with Crippen molar-refractivity contribution in [3.05, 3.63) is 89.9 Å². The van der Waals surface area contributed by atoms with Gasteiger partial charge in [-0.05, 0) is 35.8 Å². The lowest BCUT2D eigenvalue weighted by Crippen LogP contribution is -2.12. The normalized spacial score (nSPS) is 10.8. The molecule has 28 heavy (non-hydrogen) atoms. The minimum Gasteiger partial charge on any atom is -0.362 e. The van der Waals surface area contributed by atoms with Crippen LogP contribution >= 0.6 is 0 Å². The molecule has 5 nitrogen and oxygen atoms in total. The standard InChI is InChI=1S/C23H23N4O/c1-27(2)22-16-17-24-21(26-22)14-10-19-8-12-20(13-9-19)25-23(28)15-11-18-6-4-3-5-7-18/h3-9,11-13,15,17H,10,14H2,1-2H3,(H,25,28)/b15-11+. The molecule has 0 aliphatic rings. The fourth-order valence-corrected chi connectivity index (χ4v) is 2.63. The molecule has 0 spiro atoms. The fraction of sp³-hybridized carbons (Fsp3) is 0.174. The highest BCUT2D eigenvalue weighted by molar-refractivity contribution is 6.01. The number of rotatable bonds is 7. The Kier molecular flexibility index (Phi) is 6.52. The zero-order chi connectivity index (χ0) is 19.8. The number of anilines is 2. The first kappa shape index (κ1) is 19.3. The Balaban J connectivity index is 1.52. The molecular formula is C23H23N4O. The maximum atomic E-state index is 12.0. The Morgan fingerprint density at radius 2 is 1.82 bits per heavy atom. The number of hydrogen-bond donors (Lipinski definition) is 1. The number of amides is 1. The van der Waals surface area contributed by atoms with Crippen molar-refractivity contribution in [2.75, 3.05) is 24.3 Å². The van der Waals surface area contributed by atoms with E-state index in [1.54, 1.807) is 12.3 Å². The Morgan fingerprint density at radius 3 is 2.54 bits per heavy atom. The van der Waals surface area contributed by atoms with Crippen LogP contribution in [0.4, 0.5) is 11.5 Å². The van der Waals surface area contributed by atoms with E-state index in [1.807, 2.05) is 73.6 Å². The first-order valence-corrected chi connectivity index (χ1v) is 9.14. The molecular weight excluding hydrogens is 348 g/mol. The number of hydrogen-bond acceptors (Lipinski definition) is 4. The second kappa shape index (κ2) is 9.46. The molecule has 0 aliphatic heterocycles. The smallest absolute Gasteiger partial charge is 0.248 e. The average Bonchev–Trinajstić information content (AvgIpc) is 2.73. The molecule has 1 amide bonds. The number of carbonyl (C=O) groups excluding carboxylic acids is 1. The number of nitrogens with one attached hydrogen (secondary N) is 1. The van der Waals surface area contributed by atoms with E-state index >= 15 is 0 Å². The monoisotopic (exact) mass is 371 g/mol. The van der Waals surface area contributed by atoms with Gasteiger partial charge in [-0.15, -0.1) is 0 Å². The number of aromatic nitrogens is 2. The van der Waals surface area contributed by atoms with Crippen LogP contribution in [0, 0.1) is 6.07 Å². The summed E-state index contributed by atoms with van der Waals surface area (Å²) >= 11 is 0. The van der Waals surface area contributed by atoms with Gasteiger partial charge in [0.25, 0.3) is 0 Å². The topological polar surface area (TPSA) is 58.1 Å². The minimum atomic E-state index is -0.151. The predicted octanol–water partition coefficient (Wildman–Crippen LogP) is 3.78. The van der Waals surface area contributed by atoms with Gasteiger partial charge in [-0.25, -0.2) is 9.97 Å². The lowest BCUT2D eigenvalue weighted by atomic mass is 10.1. The summed E-state index contributed by atoms with van der Waals surface area (Å²) in [6.45, 7) is 0. The highest BCUT2D eigenvalue weighted by Crippen LogP contribution is 2.13. The molecule has 0 saturated heterocycles. The molecule has 3 aromatic rings. The van der Waals surface area contributed by atoms with Gasteiger partial charge in [-0.3, -0.25) is 4.79 Å². The molecule has 1 N–H and O–H groups in total. The van der Waals surface area contributed by atoms with Crippen molar-refractivity contribution < 1.29 is 4.79 Å². The molecule has 0 bridgehead atoms. The van der Waals surface area contributed by atoms with E-state index in [4.69, 9.17) is 0 Å². The zero-order valence-corrected chi connectivity index (χ0v) is 16.1. The summed E-state index contributed by atoms with van der Waals surface area (Å²) in [4.78, 5) is 22.7. The van der Waals surface area contributed by atoms with Gasteiger partial charge >= 0.3 is 0 Å². The Morgan fingerprint density at radius 1 is 1.07 bits per heavy atom. The van der Waals surface area contributed by atoms with Gasteiger partial charge in [0.1, 0.15) is 11.6 Å². The number of benzene rings is 2. The lowest BCUT2D eigenvalue weighted by Gasteiger charge is -2.11. The summed E-state index contributed by atoms with van der Waals surface area (Å²) in [5.74, 6) is 1.43. The summed E-state index contributed by atoms with van der Waals surface area (Å²) in [5, 5.41) is 2.87. The first-order valence-electron chi connectivity index (χ1n) is 9.14. The fourth-order valence-electron chi connectivity index (χ4n) is 2.63. The van der Waals surface area contributed by atoms with Crippen molar-refractivity contribution in [1.29, 1.82) is 0 Å². The third-order valence-corrected chi connectivity index (χ3v) is 4.15. The minimum absolute atomic E-state index is 0.151. The van der Waals surface area contributed by atoms with Gasteiger partial charge in [-0.2, -0.15) is 0 Å². The van der Waals surface area contributed by atoms with Crippen molar-refractivity contribution in [3.8, 4) is 0 Å². The van der Waals surface area contributed by atoms with E-state index in [0.29, 0.717) is 0 Å². The third kappa shape index (κ3) is 5.77.